The van der Waals surface area contributed by atoms with E-state index in [1.807, 2.05) is 55.5 Å². The molecule has 0 unspecified atom stereocenters. The molecule has 2 amide bonds. The minimum atomic E-state index is -3.35. The highest BCUT2D eigenvalue weighted by Gasteiger charge is 2.66. The quantitative estimate of drug-likeness (QED) is 0.199. The van der Waals surface area contributed by atoms with E-state index in [0.29, 0.717) is 55.0 Å². The number of carbonyl (C=O) groups is 2. The van der Waals surface area contributed by atoms with Crippen molar-refractivity contribution in [2.75, 3.05) is 22.9 Å². The van der Waals surface area contributed by atoms with Crippen LogP contribution in [0, 0.1) is 5.92 Å². The van der Waals surface area contributed by atoms with Gasteiger partial charge in [0.2, 0.25) is 14.3 Å². The lowest BCUT2D eigenvalue weighted by molar-refractivity contribution is -0.145. The number of aryl methyl sites for hydroxylation is 1. The Morgan fingerprint density at radius 1 is 1.20 bits per heavy atom. The molecule has 3 aromatic rings. The van der Waals surface area contributed by atoms with Crippen LogP contribution in [-0.4, -0.2) is 59.5 Å². The van der Waals surface area contributed by atoms with Crippen LogP contribution in [0.15, 0.2) is 67.4 Å². The number of fused-ring (bicyclic) bond motifs is 2. The van der Waals surface area contributed by atoms with Crippen molar-refractivity contribution in [3.8, 4) is 0 Å². The Bertz CT molecular complexity index is 1560. The number of nitrogens with zero attached hydrogens (tertiary/aromatic N) is 5. The van der Waals surface area contributed by atoms with E-state index >= 15 is 4.11 Å². The van der Waals surface area contributed by atoms with Crippen LogP contribution < -0.4 is 9.80 Å². The van der Waals surface area contributed by atoms with Crippen LogP contribution in [0.5, 0.6) is 0 Å². The molecule has 9 nitrogen and oxygen atoms in total. The van der Waals surface area contributed by atoms with Gasteiger partial charge in [-0.2, -0.15) is 0 Å². The van der Waals surface area contributed by atoms with Crippen LogP contribution in [0.1, 0.15) is 55.5 Å². The Hall–Kier alpha value is -3.67. The van der Waals surface area contributed by atoms with Crippen LogP contribution in [-0.2, 0) is 26.5 Å². The van der Waals surface area contributed by atoms with Crippen molar-refractivity contribution in [2.24, 2.45) is 5.92 Å². The molecule has 2 aromatic carbocycles. The van der Waals surface area contributed by atoms with Crippen molar-refractivity contribution in [3.63, 3.8) is 0 Å². The number of hydrogen-bond acceptors (Lipinski definition) is 6. The molecule has 0 radical (unpaired) electrons. The van der Waals surface area contributed by atoms with Gasteiger partial charge in [0.1, 0.15) is 11.8 Å². The Morgan fingerprint density at radius 2 is 1.98 bits per heavy atom. The van der Waals surface area contributed by atoms with E-state index in [4.69, 9.17) is 4.74 Å². The van der Waals surface area contributed by atoms with E-state index in [0.717, 1.165) is 18.5 Å². The molecular formula is C33H40FN5O4Si. The maximum atomic E-state index is 16.2. The second-order valence-corrected chi connectivity index (χ2v) is 16.5. The highest BCUT2D eigenvalue weighted by molar-refractivity contribution is 6.72. The molecular weight excluding hydrogens is 577 g/mol. The summed E-state index contributed by atoms with van der Waals surface area (Å²) in [6.45, 7) is 10.4. The maximum absolute atomic E-state index is 16.2. The Morgan fingerprint density at radius 3 is 2.68 bits per heavy atom. The van der Waals surface area contributed by atoms with Gasteiger partial charge in [0.25, 0.3) is 5.91 Å². The molecule has 5 atom stereocenters. The number of benzene rings is 2. The van der Waals surface area contributed by atoms with Gasteiger partial charge in [0.15, 0.2) is 5.60 Å². The smallest absolute Gasteiger partial charge is 0.264 e. The van der Waals surface area contributed by atoms with Crippen molar-refractivity contribution >= 4 is 31.6 Å². The molecule has 2 fully saturated rings. The third-order valence-electron chi connectivity index (χ3n) is 9.49. The largest absolute Gasteiger partial charge is 0.382 e. The summed E-state index contributed by atoms with van der Waals surface area (Å²) in [4.78, 5) is 30.6. The summed E-state index contributed by atoms with van der Waals surface area (Å²) in [5.74, 6) is -0.601. The first-order chi connectivity index (χ1) is 21.1. The van der Waals surface area contributed by atoms with Gasteiger partial charge in [-0.25, -0.2) is 0 Å². The van der Waals surface area contributed by atoms with Crippen LogP contribution in [0.3, 0.4) is 0 Å². The lowest BCUT2D eigenvalue weighted by atomic mass is 9.82. The molecule has 0 saturated carbocycles. The molecule has 3 aliphatic heterocycles. The number of piperidine rings is 1. The molecule has 0 bridgehead atoms. The SMILES string of the molecule is C=CCN1C(=O)[C@]2(O[C@H](CCn3cc([C@H](O)c4ccccc4)nn3)[C@@H]([Si](C)(C)F)[C@@H]2C)c2cc(N3CCCCC3=O)ccc21. The number of hydrogen-bond donors (Lipinski definition) is 1. The molecule has 0 aliphatic carbocycles. The molecule has 44 heavy (non-hydrogen) atoms. The molecule has 1 aromatic heterocycles. The summed E-state index contributed by atoms with van der Waals surface area (Å²) in [5.41, 5.74) is 1.42. The third-order valence-corrected chi connectivity index (χ3v) is 11.9. The van der Waals surface area contributed by atoms with Gasteiger partial charge >= 0.3 is 0 Å². The van der Waals surface area contributed by atoms with Crippen molar-refractivity contribution in [1.82, 2.24) is 15.0 Å². The van der Waals surface area contributed by atoms with Crippen LogP contribution in [0.4, 0.5) is 15.5 Å². The topological polar surface area (TPSA) is 101 Å². The minimum Gasteiger partial charge on any atom is -0.382 e. The first-order valence-corrected chi connectivity index (χ1v) is 18.4. The van der Waals surface area contributed by atoms with Crippen molar-refractivity contribution in [1.29, 1.82) is 0 Å². The van der Waals surface area contributed by atoms with Crippen molar-refractivity contribution < 1.29 is 23.5 Å². The van der Waals surface area contributed by atoms with Gasteiger partial charge in [0.05, 0.1) is 18.0 Å². The summed E-state index contributed by atoms with van der Waals surface area (Å²) in [6, 6.07) is 14.9. The van der Waals surface area contributed by atoms with Gasteiger partial charge in [-0.3, -0.25) is 14.3 Å². The van der Waals surface area contributed by atoms with E-state index in [9.17, 15) is 14.7 Å². The zero-order valence-electron chi connectivity index (χ0n) is 25.5. The Kier molecular flexibility index (Phi) is 8.06. The Labute approximate surface area is 258 Å². The monoisotopic (exact) mass is 617 g/mol. The van der Waals surface area contributed by atoms with Crippen LogP contribution >= 0.6 is 0 Å². The second kappa shape index (κ2) is 11.7. The lowest BCUT2D eigenvalue weighted by Crippen LogP contribution is -2.45. The molecule has 2 saturated heterocycles. The predicted octanol–water partition coefficient (Wildman–Crippen LogP) is 5.27. The van der Waals surface area contributed by atoms with Gasteiger partial charge in [-0.1, -0.05) is 48.5 Å². The number of anilines is 2. The third kappa shape index (κ3) is 5.10. The number of amides is 2. The highest BCUT2D eigenvalue weighted by atomic mass is 28.4. The van der Waals surface area contributed by atoms with E-state index in [2.05, 4.69) is 16.9 Å². The van der Waals surface area contributed by atoms with Gasteiger partial charge in [-0.05, 0) is 56.1 Å². The van der Waals surface area contributed by atoms with Crippen molar-refractivity contribution in [2.45, 2.75) is 75.6 Å². The van der Waals surface area contributed by atoms with E-state index in [1.54, 1.807) is 39.8 Å². The first-order valence-electron chi connectivity index (χ1n) is 15.4. The van der Waals surface area contributed by atoms with E-state index < -0.39 is 37.7 Å². The second-order valence-electron chi connectivity index (χ2n) is 12.7. The zero-order valence-corrected chi connectivity index (χ0v) is 26.5. The number of rotatable bonds is 9. The molecule has 4 heterocycles. The van der Waals surface area contributed by atoms with E-state index in [-0.39, 0.29) is 11.8 Å². The summed E-state index contributed by atoms with van der Waals surface area (Å²) in [6.07, 6.45) is 4.61. The van der Waals surface area contributed by atoms with Crippen LogP contribution in [0.25, 0.3) is 0 Å². The number of carbonyl (C=O) groups excluding carboxylic acids is 2. The minimum absolute atomic E-state index is 0.0653. The summed E-state index contributed by atoms with van der Waals surface area (Å²) in [7, 11) is -3.35. The average molecular weight is 618 g/mol. The number of aliphatic hydroxyl groups is 1. The summed E-state index contributed by atoms with van der Waals surface area (Å²) in [5, 5.41) is 19.2. The van der Waals surface area contributed by atoms with Crippen molar-refractivity contribution in [3.05, 3.63) is 84.2 Å². The fourth-order valence-corrected chi connectivity index (χ4v) is 10.0. The fourth-order valence-electron chi connectivity index (χ4n) is 7.48. The zero-order chi connectivity index (χ0) is 31.2. The van der Waals surface area contributed by atoms with Gasteiger partial charge in [0, 0.05) is 48.8 Å². The number of aliphatic hydroxyl groups excluding tert-OH is 1. The van der Waals surface area contributed by atoms with Gasteiger partial charge < -0.3 is 23.8 Å². The molecule has 6 rings (SSSR count). The number of halogens is 1. The molecule has 11 heteroatoms. The normalized spacial score (nSPS) is 26.0. The van der Waals surface area contributed by atoms with Gasteiger partial charge in [-0.15, -0.1) is 11.7 Å². The standard InChI is InChI=1S/C33H40FN5O4Si/c1-5-17-39-27-15-14-24(38-18-10-9-13-29(38)40)20-25(27)33(32(39)42)22(2)31(44(3,4)34)28(43-33)16-19-37-21-26(35-36-37)30(41)23-11-7-6-8-12-23/h5-8,11-12,14-15,20-22,28,30-31,41H,1,9-10,13,16-19H2,2-4H3/t22-,28+,30+,31-,33+/m0/s1. The molecule has 232 valence electrons. The summed E-state index contributed by atoms with van der Waals surface area (Å²) < 4.78 is 24.7. The summed E-state index contributed by atoms with van der Waals surface area (Å²) >= 11 is 0. The lowest BCUT2D eigenvalue weighted by Gasteiger charge is -2.32. The predicted molar refractivity (Wildman–Crippen MR) is 168 cm³/mol. The van der Waals surface area contributed by atoms with Crippen LogP contribution in [0.2, 0.25) is 18.6 Å². The first kappa shape index (κ1) is 30.4. The van der Waals surface area contributed by atoms with E-state index in [1.165, 1.54) is 0 Å². The molecule has 1 N–H and O–H groups in total. The molecule has 1 spiro atoms. The Balaban J connectivity index is 1.32. The average Bonchev–Trinajstić information content (AvgIpc) is 3.67. The fraction of sp³-hybridized carbons (Fsp3) is 0.455. The number of aromatic nitrogens is 3. The highest BCUT2D eigenvalue weighted by Crippen LogP contribution is 2.60. The molecule has 3 aliphatic rings. The maximum Gasteiger partial charge on any atom is 0.264 e. The number of ether oxygens (including phenoxy) is 1.